The first-order valence-corrected chi connectivity index (χ1v) is 6.04. The summed E-state index contributed by atoms with van der Waals surface area (Å²) in [4.78, 5) is 0. The van der Waals surface area contributed by atoms with E-state index in [1.807, 2.05) is 13.8 Å². The molecule has 1 atom stereocenters. The summed E-state index contributed by atoms with van der Waals surface area (Å²) in [6.07, 6.45) is 0.122. The highest BCUT2D eigenvalue weighted by Crippen LogP contribution is 2.03. The Kier molecular flexibility index (Phi) is 5.02. The van der Waals surface area contributed by atoms with Crippen LogP contribution in [-0.2, 0) is 17.8 Å². The van der Waals surface area contributed by atoms with E-state index in [2.05, 4.69) is 41.6 Å². The molecule has 0 aliphatic rings. The van der Waals surface area contributed by atoms with E-state index in [0.29, 0.717) is 19.7 Å². The Balaban J connectivity index is 2.54. The molecule has 0 aliphatic heterocycles. The van der Waals surface area contributed by atoms with Crippen LogP contribution in [-0.4, -0.2) is 38.5 Å². The fraction of sp³-hybridized carbons (Fsp3) is 0.909. The molecule has 0 spiro atoms. The number of hydrogen-bond donors (Lipinski definition) is 1. The first-order chi connectivity index (χ1) is 7.92. The van der Waals surface area contributed by atoms with Crippen LogP contribution in [0.1, 0.15) is 40.4 Å². The molecular formula is C11H23N5O. The summed E-state index contributed by atoms with van der Waals surface area (Å²) in [7, 11) is 0. The third-order valence-electron chi connectivity index (χ3n) is 2.26. The molecule has 0 aromatic carbocycles. The van der Waals surface area contributed by atoms with E-state index in [1.165, 1.54) is 0 Å². The van der Waals surface area contributed by atoms with Gasteiger partial charge in [-0.3, -0.25) is 0 Å². The maximum Gasteiger partial charge on any atom is 0.165 e. The quantitative estimate of drug-likeness (QED) is 0.804. The summed E-state index contributed by atoms with van der Waals surface area (Å²) in [5, 5.41) is 15.1. The number of hydrogen-bond acceptors (Lipinski definition) is 5. The minimum atomic E-state index is 0.0579. The lowest BCUT2D eigenvalue weighted by Gasteiger charge is -2.20. The Morgan fingerprint density at radius 2 is 2.12 bits per heavy atom. The third-order valence-corrected chi connectivity index (χ3v) is 2.26. The molecule has 98 valence electrons. The topological polar surface area (TPSA) is 64.9 Å². The van der Waals surface area contributed by atoms with Crippen LogP contribution in [0.3, 0.4) is 0 Å². The van der Waals surface area contributed by atoms with Gasteiger partial charge in [-0.15, -0.1) is 5.10 Å². The summed E-state index contributed by atoms with van der Waals surface area (Å²) < 4.78 is 7.27. The number of tetrazole rings is 1. The smallest absolute Gasteiger partial charge is 0.165 e. The van der Waals surface area contributed by atoms with Crippen molar-refractivity contribution in [3.8, 4) is 0 Å². The zero-order valence-electron chi connectivity index (χ0n) is 11.4. The van der Waals surface area contributed by atoms with E-state index in [0.717, 1.165) is 5.82 Å². The number of aromatic nitrogens is 4. The van der Waals surface area contributed by atoms with Gasteiger partial charge < -0.3 is 10.1 Å². The standard InChI is InChI=1S/C11H23N5O/c1-6-17-9(2)8-16-10(13-14-15-16)7-12-11(3,4)5/h9,12H,6-8H2,1-5H3. The number of nitrogens with one attached hydrogen (secondary N) is 1. The highest BCUT2D eigenvalue weighted by Gasteiger charge is 2.13. The van der Waals surface area contributed by atoms with E-state index in [-0.39, 0.29) is 11.6 Å². The zero-order chi connectivity index (χ0) is 12.9. The molecule has 1 aromatic rings. The Labute approximate surface area is 103 Å². The molecule has 0 fully saturated rings. The minimum absolute atomic E-state index is 0.0579. The molecule has 6 heteroatoms. The summed E-state index contributed by atoms with van der Waals surface area (Å²) in [6.45, 7) is 12.4. The molecule has 1 heterocycles. The summed E-state index contributed by atoms with van der Waals surface area (Å²) in [5.41, 5.74) is 0.0579. The second-order valence-electron chi connectivity index (χ2n) is 5.15. The van der Waals surface area contributed by atoms with Crippen molar-refractivity contribution < 1.29 is 4.74 Å². The van der Waals surface area contributed by atoms with Crippen LogP contribution in [0.25, 0.3) is 0 Å². The average molecular weight is 241 g/mol. The van der Waals surface area contributed by atoms with Crippen LogP contribution in [0, 0.1) is 0 Å². The largest absolute Gasteiger partial charge is 0.377 e. The molecule has 0 saturated carbocycles. The van der Waals surface area contributed by atoms with Crippen molar-refractivity contribution >= 4 is 0 Å². The van der Waals surface area contributed by atoms with Crippen molar-refractivity contribution in [1.82, 2.24) is 25.5 Å². The Hall–Kier alpha value is -1.01. The van der Waals surface area contributed by atoms with Gasteiger partial charge in [-0.1, -0.05) is 0 Å². The first kappa shape index (κ1) is 14.1. The van der Waals surface area contributed by atoms with Crippen molar-refractivity contribution in [2.45, 2.75) is 59.4 Å². The van der Waals surface area contributed by atoms with Gasteiger partial charge in [0.1, 0.15) is 0 Å². The summed E-state index contributed by atoms with van der Waals surface area (Å²) in [6, 6.07) is 0. The Morgan fingerprint density at radius 1 is 1.41 bits per heavy atom. The van der Waals surface area contributed by atoms with E-state index >= 15 is 0 Å². The first-order valence-electron chi connectivity index (χ1n) is 6.04. The number of nitrogens with zero attached hydrogens (tertiary/aromatic N) is 4. The number of ether oxygens (including phenoxy) is 1. The lowest BCUT2D eigenvalue weighted by molar-refractivity contribution is 0.0602. The SMILES string of the molecule is CCOC(C)Cn1nnnc1CNC(C)(C)C. The van der Waals surface area contributed by atoms with Crippen molar-refractivity contribution in [3.63, 3.8) is 0 Å². The normalized spacial score (nSPS) is 13.9. The molecule has 0 bridgehead atoms. The maximum absolute atomic E-state index is 5.48. The van der Waals surface area contributed by atoms with Gasteiger partial charge in [0, 0.05) is 12.1 Å². The predicted molar refractivity (Wildman–Crippen MR) is 65.5 cm³/mol. The van der Waals surface area contributed by atoms with Crippen LogP contribution in [0.2, 0.25) is 0 Å². The fourth-order valence-electron chi connectivity index (χ4n) is 1.42. The highest BCUT2D eigenvalue weighted by molar-refractivity contribution is 4.83. The average Bonchev–Trinajstić information content (AvgIpc) is 2.61. The van der Waals surface area contributed by atoms with E-state index < -0.39 is 0 Å². The lowest BCUT2D eigenvalue weighted by atomic mass is 10.1. The van der Waals surface area contributed by atoms with Gasteiger partial charge in [0.2, 0.25) is 0 Å². The third kappa shape index (κ3) is 5.23. The fourth-order valence-corrected chi connectivity index (χ4v) is 1.42. The molecule has 0 saturated heterocycles. The van der Waals surface area contributed by atoms with Crippen LogP contribution in [0.15, 0.2) is 0 Å². The van der Waals surface area contributed by atoms with E-state index in [4.69, 9.17) is 4.74 Å². The molecule has 0 aliphatic carbocycles. The number of rotatable bonds is 6. The lowest BCUT2D eigenvalue weighted by Crippen LogP contribution is -2.36. The van der Waals surface area contributed by atoms with Crippen molar-refractivity contribution in [3.05, 3.63) is 5.82 Å². The highest BCUT2D eigenvalue weighted by atomic mass is 16.5. The molecular weight excluding hydrogens is 218 g/mol. The molecule has 0 radical (unpaired) electrons. The Morgan fingerprint density at radius 3 is 2.71 bits per heavy atom. The zero-order valence-corrected chi connectivity index (χ0v) is 11.4. The van der Waals surface area contributed by atoms with Crippen LogP contribution < -0.4 is 5.32 Å². The molecule has 1 unspecified atom stereocenters. The molecule has 0 amide bonds. The second-order valence-corrected chi connectivity index (χ2v) is 5.15. The maximum atomic E-state index is 5.48. The van der Waals surface area contributed by atoms with Gasteiger partial charge in [-0.2, -0.15) is 0 Å². The molecule has 1 N–H and O–H groups in total. The van der Waals surface area contributed by atoms with Crippen molar-refractivity contribution in [1.29, 1.82) is 0 Å². The molecule has 1 rings (SSSR count). The van der Waals surface area contributed by atoms with Gasteiger partial charge in [-0.25, -0.2) is 4.68 Å². The van der Waals surface area contributed by atoms with E-state index in [9.17, 15) is 0 Å². The molecule has 17 heavy (non-hydrogen) atoms. The minimum Gasteiger partial charge on any atom is -0.377 e. The van der Waals surface area contributed by atoms with Gasteiger partial charge >= 0.3 is 0 Å². The van der Waals surface area contributed by atoms with Crippen LogP contribution in [0.5, 0.6) is 0 Å². The predicted octanol–water partition coefficient (Wildman–Crippen LogP) is 0.986. The van der Waals surface area contributed by atoms with Crippen LogP contribution >= 0.6 is 0 Å². The Bertz CT molecular complexity index is 331. The second kappa shape index (κ2) is 6.07. The summed E-state index contributed by atoms with van der Waals surface area (Å²) >= 11 is 0. The van der Waals surface area contributed by atoms with Gasteiger partial charge in [0.25, 0.3) is 0 Å². The molecule has 1 aromatic heterocycles. The van der Waals surface area contributed by atoms with Gasteiger partial charge in [0.15, 0.2) is 5.82 Å². The van der Waals surface area contributed by atoms with Crippen molar-refractivity contribution in [2.24, 2.45) is 0 Å². The monoisotopic (exact) mass is 241 g/mol. The molecule has 6 nitrogen and oxygen atoms in total. The van der Waals surface area contributed by atoms with Gasteiger partial charge in [-0.05, 0) is 45.0 Å². The summed E-state index contributed by atoms with van der Waals surface area (Å²) in [5.74, 6) is 0.839. The van der Waals surface area contributed by atoms with Crippen LogP contribution in [0.4, 0.5) is 0 Å². The van der Waals surface area contributed by atoms with Gasteiger partial charge in [0.05, 0.1) is 19.2 Å². The van der Waals surface area contributed by atoms with E-state index in [1.54, 1.807) is 4.68 Å². The van der Waals surface area contributed by atoms with Crippen molar-refractivity contribution in [2.75, 3.05) is 6.61 Å².